The molecular formula is C13H19N3S. The molecule has 0 aromatic heterocycles. The molecule has 2 rings (SSSR count). The summed E-state index contributed by atoms with van der Waals surface area (Å²) < 4.78 is 0. The Labute approximate surface area is 107 Å². The number of hydrogen-bond acceptors (Lipinski definition) is 3. The maximum Gasteiger partial charge on any atom is 0.124 e. The van der Waals surface area contributed by atoms with E-state index in [-0.39, 0.29) is 5.84 Å². The van der Waals surface area contributed by atoms with Crippen LogP contribution in [-0.4, -0.2) is 29.9 Å². The molecule has 0 aliphatic carbocycles. The van der Waals surface area contributed by atoms with E-state index >= 15 is 0 Å². The van der Waals surface area contributed by atoms with Crippen molar-refractivity contribution in [2.24, 2.45) is 5.73 Å². The van der Waals surface area contributed by atoms with E-state index in [2.05, 4.69) is 17.9 Å². The summed E-state index contributed by atoms with van der Waals surface area (Å²) >= 11 is 2.05. The minimum Gasteiger partial charge on any atom is -0.384 e. The Morgan fingerprint density at radius 3 is 3.00 bits per heavy atom. The van der Waals surface area contributed by atoms with Crippen LogP contribution >= 0.6 is 11.8 Å². The smallest absolute Gasteiger partial charge is 0.124 e. The molecule has 1 aromatic rings. The van der Waals surface area contributed by atoms with Crippen molar-refractivity contribution in [1.29, 1.82) is 5.41 Å². The molecule has 1 aliphatic rings. The van der Waals surface area contributed by atoms with Crippen molar-refractivity contribution >= 4 is 23.3 Å². The molecule has 92 valence electrons. The maximum atomic E-state index is 7.64. The molecule has 1 saturated heterocycles. The minimum atomic E-state index is 0.159. The Kier molecular flexibility index (Phi) is 3.94. The van der Waals surface area contributed by atoms with Gasteiger partial charge in [-0.25, -0.2) is 0 Å². The van der Waals surface area contributed by atoms with Crippen molar-refractivity contribution in [3.8, 4) is 0 Å². The lowest BCUT2D eigenvalue weighted by Crippen LogP contribution is -2.38. The van der Waals surface area contributed by atoms with Crippen molar-refractivity contribution in [2.75, 3.05) is 23.7 Å². The second-order valence-electron chi connectivity index (χ2n) is 4.28. The van der Waals surface area contributed by atoms with Crippen LogP contribution in [0.5, 0.6) is 0 Å². The van der Waals surface area contributed by atoms with Crippen molar-refractivity contribution in [2.45, 2.75) is 18.6 Å². The van der Waals surface area contributed by atoms with Gasteiger partial charge in [-0.1, -0.05) is 19.1 Å². The standard InChI is InChI=1S/C13H19N3S/c1-2-10-9-16(7-8-17-10)12-6-4-3-5-11(12)13(14)15/h3-6,10H,2,7-9H2,1H3,(H3,14,15). The van der Waals surface area contributed by atoms with Crippen molar-refractivity contribution in [1.82, 2.24) is 0 Å². The fourth-order valence-electron chi connectivity index (χ4n) is 2.16. The van der Waals surface area contributed by atoms with Crippen molar-refractivity contribution < 1.29 is 0 Å². The van der Waals surface area contributed by atoms with Crippen molar-refractivity contribution in [3.05, 3.63) is 29.8 Å². The molecule has 0 saturated carbocycles. The minimum absolute atomic E-state index is 0.159. The van der Waals surface area contributed by atoms with Gasteiger partial charge < -0.3 is 10.6 Å². The number of nitrogens with zero attached hydrogens (tertiary/aromatic N) is 1. The van der Waals surface area contributed by atoms with Gasteiger partial charge in [-0.05, 0) is 18.6 Å². The molecule has 4 heteroatoms. The summed E-state index contributed by atoms with van der Waals surface area (Å²) in [5.41, 5.74) is 7.61. The summed E-state index contributed by atoms with van der Waals surface area (Å²) in [4.78, 5) is 2.36. The van der Waals surface area contributed by atoms with E-state index in [1.807, 2.05) is 30.0 Å². The predicted octanol–water partition coefficient (Wildman–Crippen LogP) is 2.30. The molecule has 1 unspecified atom stereocenters. The van der Waals surface area contributed by atoms with E-state index in [0.717, 1.165) is 30.1 Å². The van der Waals surface area contributed by atoms with Gasteiger partial charge in [0, 0.05) is 35.3 Å². The van der Waals surface area contributed by atoms with Crippen LogP contribution in [0, 0.1) is 5.41 Å². The number of rotatable bonds is 3. The lowest BCUT2D eigenvalue weighted by Gasteiger charge is -2.34. The first-order valence-corrected chi connectivity index (χ1v) is 7.07. The van der Waals surface area contributed by atoms with Crippen LogP contribution in [0.4, 0.5) is 5.69 Å². The topological polar surface area (TPSA) is 53.1 Å². The highest BCUT2D eigenvalue weighted by molar-refractivity contribution is 8.00. The van der Waals surface area contributed by atoms with Gasteiger partial charge in [0.2, 0.25) is 0 Å². The molecule has 1 aromatic carbocycles. The zero-order valence-electron chi connectivity index (χ0n) is 10.1. The van der Waals surface area contributed by atoms with Gasteiger partial charge in [-0.3, -0.25) is 5.41 Å². The van der Waals surface area contributed by atoms with Crippen LogP contribution in [0.15, 0.2) is 24.3 Å². The van der Waals surface area contributed by atoms with Crippen LogP contribution in [-0.2, 0) is 0 Å². The van der Waals surface area contributed by atoms with Crippen LogP contribution in [0.3, 0.4) is 0 Å². The molecule has 0 radical (unpaired) electrons. The third kappa shape index (κ3) is 2.75. The molecule has 3 nitrogen and oxygen atoms in total. The average Bonchev–Trinajstić information content (AvgIpc) is 2.39. The highest BCUT2D eigenvalue weighted by Gasteiger charge is 2.21. The first-order valence-electron chi connectivity index (χ1n) is 6.02. The number of anilines is 1. The van der Waals surface area contributed by atoms with Gasteiger partial charge in [0.25, 0.3) is 0 Å². The Bertz CT molecular complexity index is 405. The Morgan fingerprint density at radius 2 is 2.29 bits per heavy atom. The van der Waals surface area contributed by atoms with E-state index in [9.17, 15) is 0 Å². The normalized spacial score (nSPS) is 20.3. The summed E-state index contributed by atoms with van der Waals surface area (Å²) in [6.07, 6.45) is 1.20. The van der Waals surface area contributed by atoms with E-state index in [1.165, 1.54) is 6.42 Å². The number of nitrogen functional groups attached to an aromatic ring is 1. The monoisotopic (exact) mass is 249 g/mol. The summed E-state index contributed by atoms with van der Waals surface area (Å²) in [5.74, 6) is 1.32. The molecule has 1 atom stereocenters. The third-order valence-corrected chi connectivity index (χ3v) is 4.50. The Hall–Kier alpha value is -1.16. The molecule has 0 spiro atoms. The lowest BCUT2D eigenvalue weighted by atomic mass is 10.1. The van der Waals surface area contributed by atoms with Crippen LogP contribution in [0.25, 0.3) is 0 Å². The van der Waals surface area contributed by atoms with Gasteiger partial charge in [0.15, 0.2) is 0 Å². The molecule has 1 fully saturated rings. The highest BCUT2D eigenvalue weighted by atomic mass is 32.2. The average molecular weight is 249 g/mol. The van der Waals surface area contributed by atoms with Crippen LogP contribution in [0.2, 0.25) is 0 Å². The van der Waals surface area contributed by atoms with Gasteiger partial charge >= 0.3 is 0 Å². The fourth-order valence-corrected chi connectivity index (χ4v) is 3.34. The highest BCUT2D eigenvalue weighted by Crippen LogP contribution is 2.27. The lowest BCUT2D eigenvalue weighted by molar-refractivity contribution is 0.728. The zero-order valence-corrected chi connectivity index (χ0v) is 11.0. The number of thioether (sulfide) groups is 1. The molecular weight excluding hydrogens is 230 g/mol. The van der Waals surface area contributed by atoms with Crippen LogP contribution < -0.4 is 10.6 Å². The number of hydrogen-bond donors (Lipinski definition) is 2. The van der Waals surface area contributed by atoms with Gasteiger partial charge in [0.05, 0.1) is 0 Å². The van der Waals surface area contributed by atoms with Crippen LogP contribution in [0.1, 0.15) is 18.9 Å². The van der Waals surface area contributed by atoms with Gasteiger partial charge in [-0.2, -0.15) is 11.8 Å². The molecule has 0 bridgehead atoms. The summed E-state index contributed by atoms with van der Waals surface area (Å²) in [6.45, 7) is 4.34. The summed E-state index contributed by atoms with van der Waals surface area (Å²) in [7, 11) is 0. The SMILES string of the molecule is CCC1CN(c2ccccc2C(=N)N)CCS1. The van der Waals surface area contributed by atoms with Crippen molar-refractivity contribution in [3.63, 3.8) is 0 Å². The second kappa shape index (κ2) is 5.45. The summed E-state index contributed by atoms with van der Waals surface area (Å²) in [6, 6.07) is 7.96. The molecule has 3 N–H and O–H groups in total. The third-order valence-electron chi connectivity index (χ3n) is 3.13. The number of nitrogens with two attached hydrogens (primary N) is 1. The van der Waals surface area contributed by atoms with E-state index in [4.69, 9.17) is 11.1 Å². The predicted molar refractivity (Wildman–Crippen MR) is 76.2 cm³/mol. The Morgan fingerprint density at radius 1 is 1.53 bits per heavy atom. The van der Waals surface area contributed by atoms with E-state index < -0.39 is 0 Å². The number of para-hydroxylation sites is 1. The quantitative estimate of drug-likeness (QED) is 0.638. The first kappa shape index (κ1) is 12.3. The number of nitrogens with one attached hydrogen (secondary N) is 1. The fraction of sp³-hybridized carbons (Fsp3) is 0.462. The van der Waals surface area contributed by atoms with E-state index in [0.29, 0.717) is 5.25 Å². The zero-order chi connectivity index (χ0) is 12.3. The first-order chi connectivity index (χ1) is 8.22. The molecule has 1 aliphatic heterocycles. The van der Waals surface area contributed by atoms with Gasteiger partial charge in [0.1, 0.15) is 5.84 Å². The number of amidine groups is 1. The maximum absolute atomic E-state index is 7.64. The summed E-state index contributed by atoms with van der Waals surface area (Å²) in [5, 5.41) is 8.33. The molecule has 0 amide bonds. The van der Waals surface area contributed by atoms with Gasteiger partial charge in [-0.15, -0.1) is 0 Å². The molecule has 17 heavy (non-hydrogen) atoms. The number of benzene rings is 1. The largest absolute Gasteiger partial charge is 0.384 e. The second-order valence-corrected chi connectivity index (χ2v) is 5.69. The van der Waals surface area contributed by atoms with E-state index in [1.54, 1.807) is 0 Å². The molecule has 1 heterocycles. The Balaban J connectivity index is 2.24.